The molecule has 0 saturated heterocycles. The van der Waals surface area contributed by atoms with Crippen LogP contribution in [0.1, 0.15) is 26.3 Å². The van der Waals surface area contributed by atoms with E-state index in [1.54, 1.807) is 32.9 Å². The summed E-state index contributed by atoms with van der Waals surface area (Å²) in [5, 5.41) is 14.8. The number of carbonyl (C=O) groups excluding carboxylic acids is 1. The van der Waals surface area contributed by atoms with Gasteiger partial charge in [0.05, 0.1) is 10.6 Å². The number of pyridine rings is 1. The number of alkyl carbamates (subject to hydrolysis) is 1. The minimum absolute atomic E-state index is 0.0382. The number of hydrogen-bond donors (Lipinski definition) is 1. The van der Waals surface area contributed by atoms with Crippen LogP contribution in [-0.4, -0.2) is 21.6 Å². The number of benzene rings is 2. The van der Waals surface area contributed by atoms with Gasteiger partial charge in [-0.3, -0.25) is 10.1 Å². The van der Waals surface area contributed by atoms with Crippen LogP contribution >= 0.6 is 0 Å². The Morgan fingerprint density at radius 3 is 2.57 bits per heavy atom. The Morgan fingerprint density at radius 2 is 1.86 bits per heavy atom. The van der Waals surface area contributed by atoms with Crippen molar-refractivity contribution in [2.45, 2.75) is 32.9 Å². The van der Waals surface area contributed by atoms with Gasteiger partial charge >= 0.3 is 6.09 Å². The number of amides is 1. The second-order valence-corrected chi connectivity index (χ2v) is 7.32. The Balaban J connectivity index is 1.93. The zero-order valence-electron chi connectivity index (χ0n) is 15.9. The summed E-state index contributed by atoms with van der Waals surface area (Å²) in [6.07, 6.45) is -0.510. The molecule has 0 bridgehead atoms. The third kappa shape index (κ3) is 4.43. The number of nitro benzene ring substituents is 1. The van der Waals surface area contributed by atoms with Crippen LogP contribution in [0.4, 0.5) is 10.5 Å². The smallest absolute Gasteiger partial charge is 0.407 e. The highest BCUT2D eigenvalue weighted by Gasteiger charge is 2.17. The van der Waals surface area contributed by atoms with E-state index in [4.69, 9.17) is 4.74 Å². The first-order valence-electron chi connectivity index (χ1n) is 8.84. The normalized spacial score (nSPS) is 11.2. The molecule has 28 heavy (non-hydrogen) atoms. The number of rotatable bonds is 4. The molecule has 0 fully saturated rings. The van der Waals surface area contributed by atoms with Gasteiger partial charge in [-0.2, -0.15) is 0 Å². The van der Waals surface area contributed by atoms with Crippen molar-refractivity contribution in [3.63, 3.8) is 0 Å². The third-order valence-electron chi connectivity index (χ3n) is 4.01. The molecule has 1 heterocycles. The van der Waals surface area contributed by atoms with Crippen LogP contribution in [0.3, 0.4) is 0 Å². The number of para-hydroxylation sites is 1. The predicted octanol–water partition coefficient (Wildman–Crippen LogP) is 4.83. The largest absolute Gasteiger partial charge is 0.444 e. The first-order valence-corrected chi connectivity index (χ1v) is 8.84. The Labute approximate surface area is 162 Å². The van der Waals surface area contributed by atoms with Gasteiger partial charge in [0.2, 0.25) is 0 Å². The van der Waals surface area contributed by atoms with E-state index < -0.39 is 16.6 Å². The fourth-order valence-corrected chi connectivity index (χ4v) is 2.83. The summed E-state index contributed by atoms with van der Waals surface area (Å²) in [4.78, 5) is 27.4. The lowest BCUT2D eigenvalue weighted by atomic mass is 10.0. The van der Waals surface area contributed by atoms with Gasteiger partial charge in [-0.1, -0.05) is 42.5 Å². The number of nitro groups is 1. The Hall–Kier alpha value is -3.48. The lowest BCUT2D eigenvalue weighted by molar-refractivity contribution is -0.383. The molecule has 3 rings (SSSR count). The zero-order chi connectivity index (χ0) is 20.3. The summed E-state index contributed by atoms with van der Waals surface area (Å²) in [6.45, 7) is 5.65. The van der Waals surface area contributed by atoms with E-state index >= 15 is 0 Å². The molecule has 0 spiro atoms. The molecule has 0 unspecified atom stereocenters. The monoisotopic (exact) mass is 379 g/mol. The summed E-state index contributed by atoms with van der Waals surface area (Å²) in [5.41, 5.74) is 1.94. The van der Waals surface area contributed by atoms with Gasteiger partial charge in [-0.25, -0.2) is 9.78 Å². The van der Waals surface area contributed by atoms with Gasteiger partial charge in [0.15, 0.2) is 0 Å². The van der Waals surface area contributed by atoms with Gasteiger partial charge in [-0.05, 0) is 32.4 Å². The van der Waals surface area contributed by atoms with Crippen molar-refractivity contribution in [3.8, 4) is 11.3 Å². The van der Waals surface area contributed by atoms with Crippen molar-refractivity contribution < 1.29 is 14.5 Å². The summed E-state index contributed by atoms with van der Waals surface area (Å²) in [6, 6.07) is 16.0. The van der Waals surface area contributed by atoms with Gasteiger partial charge in [-0.15, -0.1) is 0 Å². The molecule has 0 aliphatic carbocycles. The molecule has 7 heteroatoms. The standard InChI is InChI=1S/C21H21N3O4/c1-21(2,3)28-20(25)22-13-15-7-4-5-9-16(15)17-12-11-14-8-6-10-18(24(26)27)19(14)23-17/h4-12H,13H2,1-3H3,(H,22,25). The van der Waals surface area contributed by atoms with Crippen molar-refractivity contribution in [3.05, 3.63) is 70.3 Å². The molecule has 3 aromatic rings. The van der Waals surface area contributed by atoms with E-state index in [1.165, 1.54) is 6.07 Å². The minimum atomic E-state index is -0.581. The quantitative estimate of drug-likeness (QED) is 0.517. The van der Waals surface area contributed by atoms with Crippen molar-refractivity contribution in [2.24, 2.45) is 0 Å². The number of hydrogen-bond acceptors (Lipinski definition) is 5. The first-order chi connectivity index (χ1) is 13.2. The Morgan fingerprint density at radius 1 is 1.11 bits per heavy atom. The van der Waals surface area contributed by atoms with Crippen molar-refractivity contribution in [1.82, 2.24) is 10.3 Å². The van der Waals surface area contributed by atoms with Gasteiger partial charge in [0.1, 0.15) is 11.1 Å². The molecule has 1 N–H and O–H groups in total. The predicted molar refractivity (Wildman–Crippen MR) is 107 cm³/mol. The van der Waals surface area contributed by atoms with E-state index in [9.17, 15) is 14.9 Å². The number of carbonyl (C=O) groups is 1. The average Bonchev–Trinajstić information content (AvgIpc) is 2.64. The van der Waals surface area contributed by atoms with Crippen molar-refractivity contribution in [2.75, 3.05) is 0 Å². The molecule has 144 valence electrons. The van der Waals surface area contributed by atoms with Crippen LogP contribution in [-0.2, 0) is 11.3 Å². The molecule has 0 atom stereocenters. The highest BCUT2D eigenvalue weighted by Crippen LogP contribution is 2.28. The van der Waals surface area contributed by atoms with Crippen LogP contribution in [0.2, 0.25) is 0 Å². The fourth-order valence-electron chi connectivity index (χ4n) is 2.83. The highest BCUT2D eigenvalue weighted by atomic mass is 16.6. The molecule has 1 aromatic heterocycles. The van der Waals surface area contributed by atoms with Crippen LogP contribution in [0, 0.1) is 10.1 Å². The maximum atomic E-state index is 12.0. The van der Waals surface area contributed by atoms with Gasteiger partial charge < -0.3 is 10.1 Å². The van der Waals surface area contributed by atoms with E-state index in [0.717, 1.165) is 11.1 Å². The summed E-state index contributed by atoms with van der Waals surface area (Å²) in [7, 11) is 0. The molecule has 2 aromatic carbocycles. The van der Waals surface area contributed by atoms with Gasteiger partial charge in [0, 0.05) is 23.6 Å². The molecule has 7 nitrogen and oxygen atoms in total. The van der Waals surface area contributed by atoms with E-state index in [1.807, 2.05) is 36.4 Å². The second-order valence-electron chi connectivity index (χ2n) is 7.32. The Kier molecular flexibility index (Phi) is 5.26. The van der Waals surface area contributed by atoms with Gasteiger partial charge in [0.25, 0.3) is 5.69 Å². The van der Waals surface area contributed by atoms with Crippen molar-refractivity contribution in [1.29, 1.82) is 0 Å². The topological polar surface area (TPSA) is 94.4 Å². The first kappa shape index (κ1) is 19.3. The molecule has 0 saturated carbocycles. The number of non-ortho nitro benzene ring substituents is 1. The zero-order valence-corrected chi connectivity index (χ0v) is 15.9. The second kappa shape index (κ2) is 7.64. The maximum Gasteiger partial charge on any atom is 0.407 e. The summed E-state index contributed by atoms with van der Waals surface area (Å²) >= 11 is 0. The van der Waals surface area contributed by atoms with Crippen LogP contribution < -0.4 is 5.32 Å². The van der Waals surface area contributed by atoms with Crippen LogP contribution in [0.25, 0.3) is 22.2 Å². The van der Waals surface area contributed by atoms with E-state index in [-0.39, 0.29) is 12.2 Å². The molecular weight excluding hydrogens is 358 g/mol. The number of nitrogens with one attached hydrogen (secondary N) is 1. The Bertz CT molecular complexity index is 1040. The average molecular weight is 379 g/mol. The summed E-state index contributed by atoms with van der Waals surface area (Å²) in [5.74, 6) is 0. The highest BCUT2D eigenvalue weighted by molar-refractivity contribution is 5.89. The number of aromatic nitrogens is 1. The fraction of sp³-hybridized carbons (Fsp3) is 0.238. The SMILES string of the molecule is CC(C)(C)OC(=O)NCc1ccccc1-c1ccc2cccc([N+](=O)[O-])c2n1. The molecule has 0 aliphatic rings. The van der Waals surface area contributed by atoms with Crippen molar-refractivity contribution >= 4 is 22.7 Å². The lowest BCUT2D eigenvalue weighted by Crippen LogP contribution is -2.32. The minimum Gasteiger partial charge on any atom is -0.444 e. The maximum absolute atomic E-state index is 12.0. The molecule has 0 radical (unpaired) electrons. The molecule has 0 aliphatic heterocycles. The molecular formula is C21H21N3O4. The number of ether oxygens (including phenoxy) is 1. The summed E-state index contributed by atoms with van der Waals surface area (Å²) < 4.78 is 5.26. The van der Waals surface area contributed by atoms with E-state index in [0.29, 0.717) is 16.6 Å². The third-order valence-corrected chi connectivity index (χ3v) is 4.01. The lowest BCUT2D eigenvalue weighted by Gasteiger charge is -2.20. The number of nitrogens with zero attached hydrogens (tertiary/aromatic N) is 2. The van der Waals surface area contributed by atoms with Crippen LogP contribution in [0.5, 0.6) is 0 Å². The number of fused-ring (bicyclic) bond motifs is 1. The van der Waals surface area contributed by atoms with Crippen LogP contribution in [0.15, 0.2) is 54.6 Å². The van der Waals surface area contributed by atoms with E-state index in [2.05, 4.69) is 10.3 Å². The molecule has 1 amide bonds.